The van der Waals surface area contributed by atoms with Crippen molar-refractivity contribution in [3.05, 3.63) is 28.3 Å². The van der Waals surface area contributed by atoms with Gasteiger partial charge in [0.05, 0.1) is 7.11 Å². The quantitative estimate of drug-likeness (QED) is 0.759. The van der Waals surface area contributed by atoms with Crippen LogP contribution in [0.15, 0.2) is 12.1 Å². The molecule has 1 aliphatic heterocycles. The number of ether oxygens (including phenoxy) is 1. The van der Waals surface area contributed by atoms with Gasteiger partial charge in [0.25, 0.3) is 0 Å². The largest absolute Gasteiger partial charge is 0.496 e. The van der Waals surface area contributed by atoms with Gasteiger partial charge in [-0.15, -0.1) is 0 Å². The summed E-state index contributed by atoms with van der Waals surface area (Å²) in [6.45, 7) is 2.62. The number of halogens is 1. The summed E-state index contributed by atoms with van der Waals surface area (Å²) in [4.78, 5) is 2.36. The van der Waals surface area contributed by atoms with Crippen LogP contribution in [0.1, 0.15) is 36.4 Å². The minimum Gasteiger partial charge on any atom is -0.496 e. The van der Waals surface area contributed by atoms with E-state index >= 15 is 0 Å². The van der Waals surface area contributed by atoms with Crippen molar-refractivity contribution in [1.29, 1.82) is 0 Å². The summed E-state index contributed by atoms with van der Waals surface area (Å²) in [5.74, 6) is 0.890. The fraction of sp³-hybridized carbons (Fsp3) is 0.600. The molecular weight excluding hydrogens is 276 g/mol. The lowest BCUT2D eigenvalue weighted by atomic mass is 10.0. The first-order valence-corrected chi connectivity index (χ1v) is 7.51. The van der Waals surface area contributed by atoms with Gasteiger partial charge in [0.2, 0.25) is 0 Å². The van der Waals surface area contributed by atoms with E-state index in [9.17, 15) is 0 Å². The molecule has 1 aliphatic rings. The van der Waals surface area contributed by atoms with Crippen LogP contribution in [-0.4, -0.2) is 36.8 Å². The zero-order valence-electron chi connectivity index (χ0n) is 11.9. The van der Waals surface area contributed by atoms with Gasteiger partial charge in [0.1, 0.15) is 5.75 Å². The van der Waals surface area contributed by atoms with Gasteiger partial charge in [-0.05, 0) is 43.5 Å². The van der Waals surface area contributed by atoms with E-state index in [-0.39, 0.29) is 12.6 Å². The summed E-state index contributed by atoms with van der Waals surface area (Å²) in [6.07, 6.45) is 2.95. The Bertz CT molecular complexity index is 454. The summed E-state index contributed by atoms with van der Waals surface area (Å²) in [5, 5.41) is 9.61. The van der Waals surface area contributed by atoms with Crippen molar-refractivity contribution in [3.63, 3.8) is 0 Å². The maximum atomic E-state index is 8.84. The van der Waals surface area contributed by atoms with Gasteiger partial charge in [0.15, 0.2) is 0 Å². The number of aliphatic hydroxyl groups is 1. The molecule has 0 aromatic heterocycles. The normalized spacial score (nSPS) is 18.3. The second-order valence-electron chi connectivity index (χ2n) is 5.15. The van der Waals surface area contributed by atoms with Crippen molar-refractivity contribution in [1.82, 2.24) is 4.90 Å². The van der Waals surface area contributed by atoms with Crippen LogP contribution < -0.4 is 10.5 Å². The summed E-state index contributed by atoms with van der Waals surface area (Å²) in [7, 11) is 1.69. The molecule has 0 aliphatic carbocycles. The van der Waals surface area contributed by atoms with Crippen LogP contribution in [0.25, 0.3) is 0 Å². The van der Waals surface area contributed by atoms with Gasteiger partial charge in [-0.1, -0.05) is 11.6 Å². The van der Waals surface area contributed by atoms with E-state index in [0.29, 0.717) is 6.54 Å². The maximum absolute atomic E-state index is 8.84. The molecule has 1 heterocycles. The van der Waals surface area contributed by atoms with E-state index in [1.807, 2.05) is 12.1 Å². The van der Waals surface area contributed by atoms with E-state index in [1.54, 1.807) is 7.11 Å². The van der Waals surface area contributed by atoms with Gasteiger partial charge < -0.3 is 15.6 Å². The number of fused-ring (bicyclic) bond motifs is 1. The minimum absolute atomic E-state index is 0.168. The highest BCUT2D eigenvalue weighted by Gasteiger charge is 2.32. The Morgan fingerprint density at radius 2 is 2.20 bits per heavy atom. The van der Waals surface area contributed by atoms with Crippen LogP contribution in [0, 0.1) is 0 Å². The minimum atomic E-state index is 0.168. The first-order chi connectivity index (χ1) is 9.72. The smallest absolute Gasteiger partial charge is 0.123 e. The van der Waals surface area contributed by atoms with Crippen molar-refractivity contribution in [3.8, 4) is 5.75 Å². The molecule has 1 unspecified atom stereocenters. The Kier molecular flexibility index (Phi) is 5.66. The molecule has 0 bridgehead atoms. The molecule has 0 spiro atoms. The molecule has 1 aromatic carbocycles. The number of nitrogens with two attached hydrogens (primary N) is 1. The Balaban J connectivity index is 2.14. The Morgan fingerprint density at radius 3 is 2.85 bits per heavy atom. The van der Waals surface area contributed by atoms with Gasteiger partial charge in [0, 0.05) is 36.3 Å². The molecule has 2 rings (SSSR count). The average Bonchev–Trinajstić information content (AvgIpc) is 2.83. The number of unbranched alkanes of at least 4 members (excludes halogenated alkanes) is 2. The first-order valence-electron chi connectivity index (χ1n) is 7.13. The Morgan fingerprint density at radius 1 is 1.40 bits per heavy atom. The molecule has 0 amide bonds. The van der Waals surface area contributed by atoms with Crippen molar-refractivity contribution >= 4 is 11.6 Å². The molecule has 0 radical (unpaired) electrons. The third-order valence-electron chi connectivity index (χ3n) is 3.94. The van der Waals surface area contributed by atoms with E-state index in [0.717, 1.165) is 54.3 Å². The van der Waals surface area contributed by atoms with Crippen molar-refractivity contribution in [2.24, 2.45) is 5.73 Å². The van der Waals surface area contributed by atoms with Crippen molar-refractivity contribution < 1.29 is 9.84 Å². The van der Waals surface area contributed by atoms with Crippen LogP contribution in [0.4, 0.5) is 0 Å². The number of hydrogen-bond donors (Lipinski definition) is 2. The highest BCUT2D eigenvalue weighted by Crippen LogP contribution is 2.42. The SMILES string of the molecule is COc1ccc(Cl)c2c1CN(CCCCCO)C2CN. The monoisotopic (exact) mass is 298 g/mol. The number of hydrogen-bond acceptors (Lipinski definition) is 4. The zero-order valence-corrected chi connectivity index (χ0v) is 12.7. The number of rotatable bonds is 7. The summed E-state index contributed by atoms with van der Waals surface area (Å²) in [5.41, 5.74) is 8.23. The van der Waals surface area contributed by atoms with Crippen LogP contribution in [-0.2, 0) is 6.54 Å². The molecule has 1 atom stereocenters. The lowest BCUT2D eigenvalue weighted by molar-refractivity contribution is 0.209. The van der Waals surface area contributed by atoms with Crippen LogP contribution in [0.2, 0.25) is 5.02 Å². The zero-order chi connectivity index (χ0) is 14.5. The summed E-state index contributed by atoms with van der Waals surface area (Å²) < 4.78 is 5.44. The number of aliphatic hydroxyl groups excluding tert-OH is 1. The molecule has 1 aromatic rings. The van der Waals surface area contributed by atoms with Crippen LogP contribution >= 0.6 is 11.6 Å². The van der Waals surface area contributed by atoms with Gasteiger partial charge >= 0.3 is 0 Å². The summed E-state index contributed by atoms with van der Waals surface area (Å²) >= 11 is 6.35. The second-order valence-corrected chi connectivity index (χ2v) is 5.56. The molecule has 3 N–H and O–H groups in total. The Hall–Kier alpha value is -0.810. The maximum Gasteiger partial charge on any atom is 0.123 e. The predicted molar refractivity (Wildman–Crippen MR) is 81.1 cm³/mol. The predicted octanol–water partition coefficient (Wildman–Crippen LogP) is 2.33. The van der Waals surface area contributed by atoms with E-state index in [2.05, 4.69) is 4.90 Å². The topological polar surface area (TPSA) is 58.7 Å². The molecule has 0 fully saturated rings. The highest BCUT2D eigenvalue weighted by atomic mass is 35.5. The molecule has 4 nitrogen and oxygen atoms in total. The second kappa shape index (κ2) is 7.27. The molecule has 0 saturated heterocycles. The number of methoxy groups -OCH3 is 1. The Labute approximate surface area is 125 Å². The van der Waals surface area contributed by atoms with E-state index in [4.69, 9.17) is 27.2 Å². The molecular formula is C15H23ClN2O2. The summed E-state index contributed by atoms with van der Waals surface area (Å²) in [6, 6.07) is 3.97. The average molecular weight is 299 g/mol. The molecule has 112 valence electrons. The molecule has 20 heavy (non-hydrogen) atoms. The standard InChI is InChI=1S/C15H23ClN2O2/c1-20-14-6-5-12(16)15-11(14)10-18(13(15)9-17)7-3-2-4-8-19/h5-6,13,19H,2-4,7-10,17H2,1H3. The number of nitrogens with zero attached hydrogens (tertiary/aromatic N) is 1. The third kappa shape index (κ3) is 3.09. The molecule has 5 heteroatoms. The van der Waals surface area contributed by atoms with Crippen molar-refractivity contribution in [2.45, 2.75) is 31.8 Å². The highest BCUT2D eigenvalue weighted by molar-refractivity contribution is 6.31. The third-order valence-corrected chi connectivity index (χ3v) is 4.27. The fourth-order valence-corrected chi connectivity index (χ4v) is 3.23. The van der Waals surface area contributed by atoms with Gasteiger partial charge in [-0.3, -0.25) is 4.90 Å². The van der Waals surface area contributed by atoms with Gasteiger partial charge in [-0.25, -0.2) is 0 Å². The van der Waals surface area contributed by atoms with E-state index < -0.39 is 0 Å². The van der Waals surface area contributed by atoms with E-state index in [1.165, 1.54) is 0 Å². The first kappa shape index (κ1) is 15.6. The fourth-order valence-electron chi connectivity index (χ4n) is 2.93. The number of benzene rings is 1. The molecule has 0 saturated carbocycles. The lowest BCUT2D eigenvalue weighted by Gasteiger charge is -2.23. The van der Waals surface area contributed by atoms with Crippen LogP contribution in [0.3, 0.4) is 0 Å². The van der Waals surface area contributed by atoms with Crippen molar-refractivity contribution in [2.75, 3.05) is 26.8 Å². The van der Waals surface area contributed by atoms with Crippen LogP contribution in [0.5, 0.6) is 5.75 Å². The lowest BCUT2D eigenvalue weighted by Crippen LogP contribution is -2.29. The van der Waals surface area contributed by atoms with Gasteiger partial charge in [-0.2, -0.15) is 0 Å².